The summed E-state index contributed by atoms with van der Waals surface area (Å²) in [5.41, 5.74) is 2.88. The van der Waals surface area contributed by atoms with Crippen LogP contribution in [0.2, 0.25) is 0 Å². The van der Waals surface area contributed by atoms with Crippen molar-refractivity contribution in [2.75, 3.05) is 13.7 Å². The molecule has 1 amide bonds. The summed E-state index contributed by atoms with van der Waals surface area (Å²) in [6.45, 7) is 8.21. The highest BCUT2D eigenvalue weighted by atomic mass is 16.5. The minimum absolute atomic E-state index is 0.0134. The number of aromatic nitrogens is 1. The standard InChI is InChI=1S/C26H36N2O6/c1-16(2)23(25(29)30)28(26(31)32-5)14-19-7-6-8-21(13-19)33-15-22-18(4)34-24(27-22)20-11-9-17(3)10-12-20/h9-12,16,19,21,23H,6-8,13-15H2,1-5H3,(H,29,30)/t19?,21?,23-/m0/s1. The summed E-state index contributed by atoms with van der Waals surface area (Å²) in [6.07, 6.45) is 2.95. The van der Waals surface area contributed by atoms with Gasteiger partial charge in [0.25, 0.3) is 0 Å². The molecule has 2 aromatic rings. The van der Waals surface area contributed by atoms with Crippen LogP contribution in [0.1, 0.15) is 56.5 Å². The topological polar surface area (TPSA) is 102 Å². The van der Waals surface area contributed by atoms with Crippen LogP contribution in [0.5, 0.6) is 0 Å². The molecule has 2 unspecified atom stereocenters. The van der Waals surface area contributed by atoms with E-state index in [0.717, 1.165) is 42.7 Å². The number of carbonyl (C=O) groups is 2. The van der Waals surface area contributed by atoms with E-state index in [9.17, 15) is 14.7 Å². The number of ether oxygens (including phenoxy) is 2. The van der Waals surface area contributed by atoms with Crippen molar-refractivity contribution in [1.29, 1.82) is 0 Å². The summed E-state index contributed by atoms with van der Waals surface area (Å²) in [4.78, 5) is 30.2. The van der Waals surface area contributed by atoms with E-state index in [-0.39, 0.29) is 17.9 Å². The zero-order valence-corrected chi connectivity index (χ0v) is 20.7. The van der Waals surface area contributed by atoms with Crippen molar-refractivity contribution in [3.63, 3.8) is 0 Å². The van der Waals surface area contributed by atoms with Crippen molar-refractivity contribution in [3.8, 4) is 11.5 Å². The second-order valence-corrected chi connectivity index (χ2v) is 9.50. The molecule has 0 spiro atoms. The van der Waals surface area contributed by atoms with Gasteiger partial charge in [0, 0.05) is 12.1 Å². The number of methoxy groups -OCH3 is 1. The summed E-state index contributed by atoms with van der Waals surface area (Å²) in [7, 11) is 1.28. The number of amides is 1. The number of hydrogen-bond acceptors (Lipinski definition) is 6. The van der Waals surface area contributed by atoms with Gasteiger partial charge in [0.1, 0.15) is 17.5 Å². The first kappa shape index (κ1) is 25.7. The van der Waals surface area contributed by atoms with Crippen LogP contribution in [0.3, 0.4) is 0 Å². The first-order valence-electron chi connectivity index (χ1n) is 11.9. The summed E-state index contributed by atoms with van der Waals surface area (Å²) in [5.74, 6) is 0.209. The number of carboxylic acids is 1. The average molecular weight is 473 g/mol. The number of nitrogens with zero attached hydrogens (tertiary/aromatic N) is 2. The van der Waals surface area contributed by atoms with Crippen LogP contribution in [0.15, 0.2) is 28.7 Å². The Kier molecular flexibility index (Phi) is 8.72. The van der Waals surface area contributed by atoms with Crippen LogP contribution in [0.4, 0.5) is 4.79 Å². The highest BCUT2D eigenvalue weighted by Gasteiger charge is 2.36. The number of hydrogen-bond donors (Lipinski definition) is 1. The molecule has 1 aliphatic carbocycles. The number of oxazole rings is 1. The maximum Gasteiger partial charge on any atom is 0.410 e. The predicted octanol–water partition coefficient (Wildman–Crippen LogP) is 5.21. The number of carboxylic acid groups (broad SMARTS) is 1. The van der Waals surface area contributed by atoms with Gasteiger partial charge in [0.15, 0.2) is 0 Å². The number of aryl methyl sites for hydroxylation is 2. The molecular formula is C26H36N2O6. The van der Waals surface area contributed by atoms with Crippen molar-refractivity contribution in [1.82, 2.24) is 9.88 Å². The average Bonchev–Trinajstić information content (AvgIpc) is 3.17. The zero-order valence-electron chi connectivity index (χ0n) is 20.7. The van der Waals surface area contributed by atoms with E-state index < -0.39 is 18.1 Å². The molecule has 1 fully saturated rings. The molecule has 1 aromatic heterocycles. The summed E-state index contributed by atoms with van der Waals surface area (Å²) >= 11 is 0. The molecule has 186 valence electrons. The zero-order chi connectivity index (χ0) is 24.8. The molecule has 3 rings (SSSR count). The molecule has 1 N–H and O–H groups in total. The molecule has 1 aromatic carbocycles. The van der Waals surface area contributed by atoms with Crippen LogP contribution in [0.25, 0.3) is 11.5 Å². The third-order valence-electron chi connectivity index (χ3n) is 6.47. The number of aliphatic carboxylic acids is 1. The quantitative estimate of drug-likeness (QED) is 0.534. The Morgan fingerprint density at radius 3 is 2.53 bits per heavy atom. The maximum absolute atomic E-state index is 12.4. The Morgan fingerprint density at radius 2 is 1.91 bits per heavy atom. The normalized spacial score (nSPS) is 19.1. The fraction of sp³-hybridized carbons (Fsp3) is 0.577. The molecule has 0 radical (unpaired) electrons. The van der Waals surface area contributed by atoms with Crippen LogP contribution in [0, 0.1) is 25.7 Å². The Morgan fingerprint density at radius 1 is 1.21 bits per heavy atom. The van der Waals surface area contributed by atoms with Crippen molar-refractivity contribution in [2.45, 2.75) is 72.1 Å². The van der Waals surface area contributed by atoms with Crippen LogP contribution in [-0.4, -0.2) is 52.9 Å². The van der Waals surface area contributed by atoms with E-state index in [1.54, 1.807) is 13.8 Å². The van der Waals surface area contributed by atoms with Gasteiger partial charge in [-0.2, -0.15) is 0 Å². The van der Waals surface area contributed by atoms with Crippen molar-refractivity contribution >= 4 is 12.1 Å². The molecule has 0 bridgehead atoms. The Hall–Kier alpha value is -2.87. The third kappa shape index (κ3) is 6.38. The van der Waals surface area contributed by atoms with Crippen LogP contribution >= 0.6 is 0 Å². The first-order valence-corrected chi connectivity index (χ1v) is 11.9. The van der Waals surface area contributed by atoms with Gasteiger partial charge in [0.2, 0.25) is 5.89 Å². The SMILES string of the molecule is COC(=O)N(CC1CCCC(OCc2nc(-c3ccc(C)cc3)oc2C)C1)[C@H](C(=O)O)C(C)C. The van der Waals surface area contributed by atoms with E-state index in [1.165, 1.54) is 17.6 Å². The summed E-state index contributed by atoms with van der Waals surface area (Å²) in [6, 6.07) is 7.11. The molecule has 1 saturated carbocycles. The molecule has 0 aliphatic heterocycles. The van der Waals surface area contributed by atoms with Gasteiger partial charge in [-0.3, -0.25) is 4.90 Å². The molecule has 8 heteroatoms. The van der Waals surface area contributed by atoms with Gasteiger partial charge in [0.05, 0.1) is 19.8 Å². The van der Waals surface area contributed by atoms with Gasteiger partial charge in [-0.25, -0.2) is 14.6 Å². The summed E-state index contributed by atoms with van der Waals surface area (Å²) in [5, 5.41) is 9.68. The Balaban J connectivity index is 1.62. The monoisotopic (exact) mass is 472 g/mol. The van der Waals surface area contributed by atoms with E-state index in [2.05, 4.69) is 4.98 Å². The minimum atomic E-state index is -1.02. The smallest absolute Gasteiger partial charge is 0.410 e. The first-order chi connectivity index (χ1) is 16.2. The van der Waals surface area contributed by atoms with Crippen molar-refractivity contribution in [2.24, 2.45) is 11.8 Å². The van der Waals surface area contributed by atoms with E-state index in [0.29, 0.717) is 19.0 Å². The fourth-order valence-electron chi connectivity index (χ4n) is 4.61. The van der Waals surface area contributed by atoms with E-state index in [4.69, 9.17) is 13.9 Å². The lowest BCUT2D eigenvalue weighted by Crippen LogP contribution is -2.50. The van der Waals surface area contributed by atoms with Gasteiger partial charge < -0.3 is 19.0 Å². The third-order valence-corrected chi connectivity index (χ3v) is 6.47. The number of rotatable bonds is 9. The van der Waals surface area contributed by atoms with Gasteiger partial charge >= 0.3 is 12.1 Å². The second kappa shape index (κ2) is 11.5. The van der Waals surface area contributed by atoms with Gasteiger partial charge in [-0.15, -0.1) is 0 Å². The summed E-state index contributed by atoms with van der Waals surface area (Å²) < 4.78 is 17.0. The lowest BCUT2D eigenvalue weighted by molar-refractivity contribution is -0.144. The van der Waals surface area contributed by atoms with E-state index >= 15 is 0 Å². The molecule has 3 atom stereocenters. The predicted molar refractivity (Wildman–Crippen MR) is 127 cm³/mol. The molecule has 1 heterocycles. The van der Waals surface area contributed by atoms with E-state index in [1.807, 2.05) is 38.1 Å². The number of carbonyl (C=O) groups excluding carboxylic acids is 1. The lowest BCUT2D eigenvalue weighted by Gasteiger charge is -2.36. The molecule has 8 nitrogen and oxygen atoms in total. The van der Waals surface area contributed by atoms with Crippen molar-refractivity contribution in [3.05, 3.63) is 41.3 Å². The Labute approximate surface area is 201 Å². The molecule has 34 heavy (non-hydrogen) atoms. The van der Waals surface area contributed by atoms with Crippen LogP contribution < -0.4 is 0 Å². The lowest BCUT2D eigenvalue weighted by atomic mass is 9.86. The highest BCUT2D eigenvalue weighted by molar-refractivity contribution is 5.80. The fourth-order valence-corrected chi connectivity index (χ4v) is 4.61. The number of benzene rings is 1. The second-order valence-electron chi connectivity index (χ2n) is 9.50. The molecule has 1 aliphatic rings. The van der Waals surface area contributed by atoms with Gasteiger partial charge in [-0.05, 0) is 57.1 Å². The van der Waals surface area contributed by atoms with Crippen LogP contribution in [-0.2, 0) is 20.9 Å². The highest BCUT2D eigenvalue weighted by Crippen LogP contribution is 2.30. The van der Waals surface area contributed by atoms with Crippen molar-refractivity contribution < 1.29 is 28.6 Å². The molecular weight excluding hydrogens is 436 g/mol. The largest absolute Gasteiger partial charge is 0.480 e. The molecule has 0 saturated heterocycles. The Bertz CT molecular complexity index is 968. The minimum Gasteiger partial charge on any atom is -0.480 e. The van der Waals surface area contributed by atoms with Gasteiger partial charge in [-0.1, -0.05) is 38.0 Å². The maximum atomic E-state index is 12.4.